The van der Waals surface area contributed by atoms with Crippen LogP contribution in [0.25, 0.3) is 0 Å². The van der Waals surface area contributed by atoms with E-state index in [0.29, 0.717) is 23.9 Å². The highest BCUT2D eigenvalue weighted by Gasteiger charge is 2.13. The molecule has 0 amide bonds. The molecule has 1 aromatic carbocycles. The predicted octanol–water partition coefficient (Wildman–Crippen LogP) is 1.14. The molecule has 0 aromatic heterocycles. The Bertz CT molecular complexity index is 354. The summed E-state index contributed by atoms with van der Waals surface area (Å²) in [5, 5.41) is 9.16. The molecule has 18 heavy (non-hydrogen) atoms. The molecule has 0 fully saturated rings. The van der Waals surface area contributed by atoms with Gasteiger partial charge in [0.2, 0.25) is 5.75 Å². The first-order valence-corrected chi connectivity index (χ1v) is 5.75. The van der Waals surface area contributed by atoms with Crippen LogP contribution in [-0.4, -0.2) is 51.5 Å². The van der Waals surface area contributed by atoms with Gasteiger partial charge in [-0.25, -0.2) is 0 Å². The number of likely N-dealkylation sites (N-methyl/N-ethyl adjacent to an activating group) is 1. The smallest absolute Gasteiger partial charge is 0.203 e. The van der Waals surface area contributed by atoms with Gasteiger partial charge >= 0.3 is 0 Å². The van der Waals surface area contributed by atoms with Crippen LogP contribution in [0.5, 0.6) is 17.2 Å². The summed E-state index contributed by atoms with van der Waals surface area (Å²) < 4.78 is 16.2. The van der Waals surface area contributed by atoms with Crippen LogP contribution >= 0.6 is 0 Å². The molecule has 0 heterocycles. The summed E-state index contributed by atoms with van der Waals surface area (Å²) in [6, 6.07) is 3.49. The molecule has 0 aliphatic heterocycles. The zero-order chi connectivity index (χ0) is 13.5. The predicted molar refractivity (Wildman–Crippen MR) is 69.5 cm³/mol. The van der Waals surface area contributed by atoms with Crippen molar-refractivity contribution in [2.75, 3.05) is 41.5 Å². The number of hydrogen-bond acceptors (Lipinski definition) is 5. The average molecular weight is 255 g/mol. The zero-order valence-electron chi connectivity index (χ0n) is 11.4. The average Bonchev–Trinajstić information content (AvgIpc) is 2.37. The lowest BCUT2D eigenvalue weighted by molar-refractivity contribution is 0.238. The Balaban J connectivity index is 2.92. The Morgan fingerprint density at radius 2 is 1.67 bits per heavy atom. The molecular weight excluding hydrogens is 234 g/mol. The van der Waals surface area contributed by atoms with Crippen molar-refractivity contribution in [3.8, 4) is 17.2 Å². The first-order chi connectivity index (χ1) is 8.62. The Kier molecular flexibility index (Phi) is 5.74. The van der Waals surface area contributed by atoms with Gasteiger partial charge in [0.05, 0.1) is 20.8 Å². The Labute approximate surface area is 108 Å². The highest BCUT2D eigenvalue weighted by molar-refractivity contribution is 5.53. The number of aliphatic hydroxyl groups is 1. The molecule has 0 bridgehead atoms. The second-order valence-corrected chi connectivity index (χ2v) is 4.14. The van der Waals surface area contributed by atoms with Crippen molar-refractivity contribution in [1.29, 1.82) is 0 Å². The number of aliphatic hydroxyl groups excluding tert-OH is 1. The van der Waals surface area contributed by atoms with Gasteiger partial charge in [0, 0.05) is 6.54 Å². The van der Waals surface area contributed by atoms with Gasteiger partial charge in [-0.2, -0.15) is 0 Å². The minimum Gasteiger partial charge on any atom is -0.493 e. The standard InChI is InChI=1S/C13H21NO4/c1-14(2)5-6-18-13-11(16-3)7-10(9-15)8-12(13)17-4/h7-8,15H,5-6,9H2,1-4H3. The molecule has 0 aliphatic rings. The van der Waals surface area contributed by atoms with Gasteiger partial charge in [-0.05, 0) is 31.8 Å². The summed E-state index contributed by atoms with van der Waals surface area (Å²) in [7, 11) is 7.09. The molecule has 0 spiro atoms. The Morgan fingerprint density at radius 3 is 2.06 bits per heavy atom. The second kappa shape index (κ2) is 7.08. The summed E-state index contributed by atoms with van der Waals surface area (Å²) in [5.74, 6) is 1.70. The lowest BCUT2D eigenvalue weighted by Gasteiger charge is -2.17. The number of rotatable bonds is 7. The number of hydrogen-bond donors (Lipinski definition) is 1. The molecule has 0 atom stereocenters. The van der Waals surface area contributed by atoms with E-state index in [1.807, 2.05) is 19.0 Å². The highest BCUT2D eigenvalue weighted by atomic mass is 16.5. The molecule has 1 rings (SSSR count). The molecule has 0 radical (unpaired) electrons. The molecule has 0 saturated heterocycles. The van der Waals surface area contributed by atoms with Crippen LogP contribution in [0.2, 0.25) is 0 Å². The van der Waals surface area contributed by atoms with Crippen LogP contribution in [0, 0.1) is 0 Å². The summed E-state index contributed by atoms with van der Waals surface area (Å²) in [6.07, 6.45) is 0. The van der Waals surface area contributed by atoms with Crippen molar-refractivity contribution in [2.45, 2.75) is 6.61 Å². The zero-order valence-corrected chi connectivity index (χ0v) is 11.4. The molecule has 0 aliphatic carbocycles. The minimum absolute atomic E-state index is 0.0648. The molecule has 5 nitrogen and oxygen atoms in total. The normalized spacial score (nSPS) is 10.6. The van der Waals surface area contributed by atoms with E-state index in [1.165, 1.54) is 0 Å². The van der Waals surface area contributed by atoms with Gasteiger partial charge in [-0.3, -0.25) is 0 Å². The maximum atomic E-state index is 9.16. The van der Waals surface area contributed by atoms with Crippen LogP contribution in [0.3, 0.4) is 0 Å². The molecule has 0 saturated carbocycles. The third-order valence-electron chi connectivity index (χ3n) is 2.49. The summed E-state index contributed by atoms with van der Waals surface area (Å²) >= 11 is 0. The van der Waals surface area contributed by atoms with E-state index < -0.39 is 0 Å². The number of methoxy groups -OCH3 is 2. The van der Waals surface area contributed by atoms with Crippen molar-refractivity contribution in [3.63, 3.8) is 0 Å². The van der Waals surface area contributed by atoms with Crippen molar-refractivity contribution >= 4 is 0 Å². The van der Waals surface area contributed by atoms with E-state index in [0.717, 1.165) is 12.1 Å². The minimum atomic E-state index is -0.0648. The summed E-state index contributed by atoms with van der Waals surface area (Å²) in [5.41, 5.74) is 0.726. The summed E-state index contributed by atoms with van der Waals surface area (Å²) in [4.78, 5) is 2.03. The lowest BCUT2D eigenvalue weighted by atomic mass is 10.2. The van der Waals surface area contributed by atoms with E-state index in [2.05, 4.69) is 0 Å². The fraction of sp³-hybridized carbons (Fsp3) is 0.538. The van der Waals surface area contributed by atoms with Crippen molar-refractivity contribution < 1.29 is 19.3 Å². The van der Waals surface area contributed by atoms with Crippen molar-refractivity contribution in [1.82, 2.24) is 4.90 Å². The number of nitrogens with zero attached hydrogens (tertiary/aromatic N) is 1. The molecule has 1 aromatic rings. The molecule has 5 heteroatoms. The molecule has 102 valence electrons. The molecule has 1 N–H and O–H groups in total. The first-order valence-electron chi connectivity index (χ1n) is 5.75. The van der Waals surface area contributed by atoms with Gasteiger partial charge in [-0.1, -0.05) is 0 Å². The van der Waals surface area contributed by atoms with Crippen LogP contribution in [0.1, 0.15) is 5.56 Å². The van der Waals surface area contributed by atoms with Crippen LogP contribution < -0.4 is 14.2 Å². The topological polar surface area (TPSA) is 51.2 Å². The van der Waals surface area contributed by atoms with Crippen LogP contribution in [0.4, 0.5) is 0 Å². The van der Waals surface area contributed by atoms with Crippen LogP contribution in [-0.2, 0) is 6.61 Å². The number of benzene rings is 1. The molecular formula is C13H21NO4. The van der Waals surface area contributed by atoms with Crippen LogP contribution in [0.15, 0.2) is 12.1 Å². The van der Waals surface area contributed by atoms with E-state index >= 15 is 0 Å². The van der Waals surface area contributed by atoms with E-state index in [1.54, 1.807) is 26.4 Å². The van der Waals surface area contributed by atoms with Gasteiger partial charge in [0.25, 0.3) is 0 Å². The fourth-order valence-electron chi connectivity index (χ4n) is 1.50. The monoisotopic (exact) mass is 255 g/mol. The van der Waals surface area contributed by atoms with Gasteiger partial charge in [0.15, 0.2) is 11.5 Å². The van der Waals surface area contributed by atoms with E-state index in [-0.39, 0.29) is 6.61 Å². The lowest BCUT2D eigenvalue weighted by Crippen LogP contribution is -2.19. The van der Waals surface area contributed by atoms with Crippen molar-refractivity contribution in [3.05, 3.63) is 17.7 Å². The quantitative estimate of drug-likeness (QED) is 0.791. The Hall–Kier alpha value is -1.46. The summed E-state index contributed by atoms with van der Waals surface area (Å²) in [6.45, 7) is 1.27. The molecule has 0 unspecified atom stereocenters. The van der Waals surface area contributed by atoms with Crippen molar-refractivity contribution in [2.24, 2.45) is 0 Å². The number of ether oxygens (including phenoxy) is 3. The maximum Gasteiger partial charge on any atom is 0.203 e. The fourth-order valence-corrected chi connectivity index (χ4v) is 1.50. The third-order valence-corrected chi connectivity index (χ3v) is 2.49. The largest absolute Gasteiger partial charge is 0.493 e. The first kappa shape index (κ1) is 14.6. The van der Waals surface area contributed by atoms with E-state index in [9.17, 15) is 0 Å². The SMILES string of the molecule is COc1cc(CO)cc(OC)c1OCCN(C)C. The van der Waals surface area contributed by atoms with Gasteiger partial charge < -0.3 is 24.2 Å². The van der Waals surface area contributed by atoms with Gasteiger partial charge in [-0.15, -0.1) is 0 Å². The highest BCUT2D eigenvalue weighted by Crippen LogP contribution is 2.38. The third kappa shape index (κ3) is 3.78. The van der Waals surface area contributed by atoms with Gasteiger partial charge in [0.1, 0.15) is 6.61 Å². The Morgan fingerprint density at radius 1 is 1.11 bits per heavy atom. The van der Waals surface area contributed by atoms with E-state index in [4.69, 9.17) is 19.3 Å². The second-order valence-electron chi connectivity index (χ2n) is 4.14. The maximum absolute atomic E-state index is 9.16.